The molecule has 2 rings (SSSR count). The Bertz CT molecular complexity index is 1310. The van der Waals surface area contributed by atoms with Crippen LogP contribution in [0.15, 0.2) is 49.1 Å². The lowest BCUT2D eigenvalue weighted by Gasteiger charge is -2.29. The second kappa shape index (κ2) is 21.3. The summed E-state index contributed by atoms with van der Waals surface area (Å²) < 4.78 is 28.5. The molecule has 0 aliphatic heterocycles. The highest BCUT2D eigenvalue weighted by atomic mass is 16.8. The summed E-state index contributed by atoms with van der Waals surface area (Å²) in [5, 5.41) is 2.90. The molecule has 1 amide bonds. The van der Waals surface area contributed by atoms with Crippen LogP contribution < -0.4 is 5.32 Å². The Labute approximate surface area is 295 Å². The monoisotopic (exact) mass is 706 g/mol. The van der Waals surface area contributed by atoms with Crippen LogP contribution in [0.25, 0.3) is 0 Å². The molecule has 2 aromatic heterocycles. The average molecular weight is 707 g/mol. The molecule has 0 saturated heterocycles. The number of hydrogen-bond acceptors (Lipinski definition) is 14. The fourth-order valence-corrected chi connectivity index (χ4v) is 3.53. The highest BCUT2D eigenvalue weighted by molar-refractivity contribution is 5.81. The van der Waals surface area contributed by atoms with E-state index in [4.69, 9.17) is 18.9 Å². The highest BCUT2D eigenvalue weighted by Crippen LogP contribution is 2.15. The molecule has 2 aromatic rings. The molecule has 2 heterocycles. The lowest BCUT2D eigenvalue weighted by molar-refractivity contribution is -0.146. The molecule has 0 fully saturated rings. The van der Waals surface area contributed by atoms with Crippen LogP contribution in [0.1, 0.15) is 73.4 Å². The smallest absolute Gasteiger partial charge is 0.468 e. The van der Waals surface area contributed by atoms with E-state index in [9.17, 15) is 24.0 Å². The molecule has 280 valence electrons. The van der Waals surface area contributed by atoms with Crippen molar-refractivity contribution in [3.63, 3.8) is 0 Å². The zero-order valence-electron chi connectivity index (χ0n) is 31.5. The van der Waals surface area contributed by atoms with Gasteiger partial charge in [-0.15, -0.1) is 0 Å². The first-order chi connectivity index (χ1) is 23.0. The number of likely N-dealkylation sites (N-methyl/N-ethyl adjacent to an activating group) is 2. The number of hydrogen-bond donors (Lipinski definition) is 1. The number of carbonyl (C=O) groups is 5. The predicted octanol–water partition coefficient (Wildman–Crippen LogP) is 5.29. The van der Waals surface area contributed by atoms with Crippen LogP contribution in [0, 0.1) is 0 Å². The normalized spacial score (nSPS) is 12.2. The van der Waals surface area contributed by atoms with Gasteiger partial charge in [0.2, 0.25) is 0 Å². The maximum atomic E-state index is 12.1. The van der Waals surface area contributed by atoms with Crippen molar-refractivity contribution in [2.75, 3.05) is 28.3 Å². The number of methoxy groups -OCH3 is 2. The van der Waals surface area contributed by atoms with Crippen molar-refractivity contribution in [2.24, 2.45) is 0 Å². The number of amides is 1. The molecule has 0 radical (unpaired) electrons. The summed E-state index contributed by atoms with van der Waals surface area (Å²) >= 11 is 0. The number of nitrogens with zero attached hydrogens (tertiary/aromatic N) is 3. The van der Waals surface area contributed by atoms with Gasteiger partial charge >= 0.3 is 30.3 Å². The molecule has 0 aliphatic carbocycles. The second-order valence-electron chi connectivity index (χ2n) is 13.7. The van der Waals surface area contributed by atoms with E-state index in [2.05, 4.69) is 24.8 Å². The first kappa shape index (κ1) is 45.2. The third-order valence-corrected chi connectivity index (χ3v) is 5.72. The molecule has 1 N–H and O–H groups in total. The summed E-state index contributed by atoms with van der Waals surface area (Å²) in [6, 6.07) is 6.33. The molecule has 15 heteroatoms. The quantitative estimate of drug-likeness (QED) is 0.212. The maximum Gasteiger partial charge on any atom is 0.519 e. The number of esters is 2. The fourth-order valence-electron chi connectivity index (χ4n) is 3.53. The van der Waals surface area contributed by atoms with Gasteiger partial charge in [0.15, 0.2) is 0 Å². The summed E-state index contributed by atoms with van der Waals surface area (Å²) in [6.45, 7) is 15.3. The molecule has 0 bridgehead atoms. The summed E-state index contributed by atoms with van der Waals surface area (Å²) in [4.78, 5) is 66.5. The Kier molecular flexibility index (Phi) is 19.3. The van der Waals surface area contributed by atoms with Crippen molar-refractivity contribution in [3.8, 4) is 0 Å². The Morgan fingerprint density at radius 1 is 0.700 bits per heavy atom. The summed E-state index contributed by atoms with van der Waals surface area (Å²) in [5.41, 5.74) is -0.168. The van der Waals surface area contributed by atoms with Gasteiger partial charge in [-0.25, -0.2) is 19.2 Å². The Morgan fingerprint density at radius 3 is 1.46 bits per heavy atom. The SMILES string of the molecule is CC(C)(C)OC(=O)OC(=O)OC(C)(C)C.CN[C@@H](Cc1cccnc1)C(=O)OC.COC(=O)[C@H](Cc1cccnc1)N(C)C(=O)OC(C)(C)C. The molecular weight excluding hydrogens is 652 g/mol. The number of pyridine rings is 2. The van der Waals surface area contributed by atoms with Gasteiger partial charge in [0.05, 0.1) is 14.2 Å². The van der Waals surface area contributed by atoms with Crippen LogP contribution >= 0.6 is 0 Å². The van der Waals surface area contributed by atoms with Gasteiger partial charge in [0.1, 0.15) is 28.9 Å². The van der Waals surface area contributed by atoms with E-state index in [1.807, 2.05) is 18.2 Å². The van der Waals surface area contributed by atoms with Crippen LogP contribution in [-0.4, -0.2) is 102 Å². The number of nitrogens with one attached hydrogen (secondary N) is 1. The van der Waals surface area contributed by atoms with Gasteiger partial charge in [0, 0.05) is 38.3 Å². The summed E-state index contributed by atoms with van der Waals surface area (Å²) in [7, 11) is 5.93. The molecule has 50 heavy (non-hydrogen) atoms. The van der Waals surface area contributed by atoms with Crippen molar-refractivity contribution in [1.29, 1.82) is 0 Å². The van der Waals surface area contributed by atoms with E-state index in [0.29, 0.717) is 12.8 Å². The molecule has 15 nitrogen and oxygen atoms in total. The molecule has 0 unspecified atom stereocenters. The van der Waals surface area contributed by atoms with E-state index < -0.39 is 47.2 Å². The fraction of sp³-hybridized carbons (Fsp3) is 0.571. The average Bonchev–Trinajstić information content (AvgIpc) is 3.00. The van der Waals surface area contributed by atoms with Crippen molar-refractivity contribution in [3.05, 3.63) is 60.2 Å². The number of ether oxygens (including phenoxy) is 6. The van der Waals surface area contributed by atoms with Crippen molar-refractivity contribution in [2.45, 2.75) is 104 Å². The lowest BCUT2D eigenvalue weighted by Crippen LogP contribution is -2.46. The first-order valence-electron chi connectivity index (χ1n) is 15.7. The van der Waals surface area contributed by atoms with Crippen LogP contribution in [0.4, 0.5) is 14.4 Å². The zero-order chi connectivity index (χ0) is 38.7. The number of carbonyl (C=O) groups excluding carboxylic acids is 5. The van der Waals surface area contributed by atoms with Crippen molar-refractivity contribution < 1.29 is 52.4 Å². The summed E-state index contributed by atoms with van der Waals surface area (Å²) in [5.74, 6) is -0.747. The number of aromatic nitrogens is 2. The topological polar surface area (TPSA) is 182 Å². The van der Waals surface area contributed by atoms with Gasteiger partial charge < -0.3 is 33.7 Å². The number of rotatable bonds is 8. The second-order valence-corrected chi connectivity index (χ2v) is 13.7. The third kappa shape index (κ3) is 21.2. The molecule has 0 aliphatic rings. The van der Waals surface area contributed by atoms with Crippen LogP contribution in [-0.2, 0) is 50.9 Å². The van der Waals surface area contributed by atoms with Gasteiger partial charge in [-0.2, -0.15) is 0 Å². The Hall–Kier alpha value is -4.79. The minimum atomic E-state index is -1.06. The van der Waals surface area contributed by atoms with Gasteiger partial charge in [-0.3, -0.25) is 19.7 Å². The van der Waals surface area contributed by atoms with E-state index in [0.717, 1.165) is 11.1 Å². The van der Waals surface area contributed by atoms with Gasteiger partial charge in [-0.05, 0) is 99.0 Å². The van der Waals surface area contributed by atoms with Crippen LogP contribution in [0.5, 0.6) is 0 Å². The Morgan fingerprint density at radius 2 is 1.12 bits per heavy atom. The predicted molar refractivity (Wildman–Crippen MR) is 184 cm³/mol. The largest absolute Gasteiger partial charge is 0.519 e. The van der Waals surface area contributed by atoms with E-state index in [1.54, 1.807) is 100 Å². The van der Waals surface area contributed by atoms with Crippen LogP contribution in [0.3, 0.4) is 0 Å². The first-order valence-corrected chi connectivity index (χ1v) is 15.7. The summed E-state index contributed by atoms with van der Waals surface area (Å²) in [6.07, 6.45) is 4.97. The van der Waals surface area contributed by atoms with Gasteiger partial charge in [-0.1, -0.05) is 12.1 Å². The molecule has 0 spiro atoms. The van der Waals surface area contributed by atoms with Crippen LogP contribution in [0.2, 0.25) is 0 Å². The third-order valence-electron chi connectivity index (χ3n) is 5.72. The van der Waals surface area contributed by atoms with E-state index >= 15 is 0 Å². The molecule has 0 aromatic carbocycles. The molecular formula is C35H54N4O11. The lowest BCUT2D eigenvalue weighted by atomic mass is 10.1. The highest BCUT2D eigenvalue weighted by Gasteiger charge is 2.31. The standard InChI is InChI=1S/C15H22N2O4.C10H14N2O2.C10H18O5/c1-15(2,3)21-14(19)17(4)12(13(18)20-5)9-11-7-6-8-16-10-11;1-11-9(10(13)14-2)6-8-4-3-5-12-7-8;1-9(2,3)14-7(11)13-8(12)15-10(4,5)6/h6-8,10,12H,9H2,1-5H3;3-5,7,9,11H,6H2,1-2H3;1-6H3/t12-;9-;/m00./s1. The Balaban J connectivity index is 0.000000741. The minimum Gasteiger partial charge on any atom is -0.468 e. The molecule has 2 atom stereocenters. The van der Waals surface area contributed by atoms with E-state index in [1.165, 1.54) is 26.2 Å². The minimum absolute atomic E-state index is 0.253. The molecule has 0 saturated carbocycles. The van der Waals surface area contributed by atoms with Gasteiger partial charge in [0.25, 0.3) is 0 Å². The van der Waals surface area contributed by atoms with E-state index in [-0.39, 0.29) is 12.0 Å². The maximum absolute atomic E-state index is 12.1. The van der Waals surface area contributed by atoms with Crippen molar-refractivity contribution in [1.82, 2.24) is 20.2 Å². The zero-order valence-corrected chi connectivity index (χ0v) is 31.5. The van der Waals surface area contributed by atoms with Crippen molar-refractivity contribution >= 4 is 30.3 Å².